The molecule has 0 N–H and O–H groups in total. The van der Waals surface area contributed by atoms with Gasteiger partial charge in [-0.2, -0.15) is 0 Å². The summed E-state index contributed by atoms with van der Waals surface area (Å²) in [4.78, 5) is 11.1. The lowest BCUT2D eigenvalue weighted by Crippen LogP contribution is -2.30. The van der Waals surface area contributed by atoms with Gasteiger partial charge in [-0.3, -0.25) is 4.79 Å². The fourth-order valence-corrected chi connectivity index (χ4v) is 3.06. The van der Waals surface area contributed by atoms with Crippen molar-refractivity contribution in [3.8, 4) is 0 Å². The molecule has 0 aliphatic carbocycles. The minimum atomic E-state index is -3.85. The molecule has 0 saturated carbocycles. The second kappa shape index (κ2) is 5.83. The molecular weight excluding hydrogens is 281 g/mol. The number of amides is 1. The van der Waals surface area contributed by atoms with Crippen molar-refractivity contribution >= 4 is 22.1 Å². The zero-order valence-corrected chi connectivity index (χ0v) is 11.3. The fourth-order valence-electron chi connectivity index (χ4n) is 1.73. The van der Waals surface area contributed by atoms with E-state index in [1.165, 1.54) is 12.1 Å². The third-order valence-corrected chi connectivity index (χ3v) is 4.26. The number of halogens is 1. The summed E-state index contributed by atoms with van der Waals surface area (Å²) in [6, 6.07) is 13.2. The average molecular weight is 293 g/mol. The molecule has 2 aromatic carbocycles. The number of carbonyl (C=O) groups is 1. The number of sulfonamides is 1. The van der Waals surface area contributed by atoms with Crippen LogP contribution in [0.1, 0.15) is 5.56 Å². The van der Waals surface area contributed by atoms with E-state index in [1.54, 1.807) is 30.3 Å². The molecule has 4 nitrogen and oxygen atoms in total. The summed E-state index contributed by atoms with van der Waals surface area (Å²) in [6.45, 7) is 0. The maximum absolute atomic E-state index is 12.8. The van der Waals surface area contributed by atoms with E-state index in [4.69, 9.17) is 0 Å². The van der Waals surface area contributed by atoms with Gasteiger partial charge in [0.05, 0.1) is 11.4 Å². The molecular formula is C14H12FNO3S. The first kappa shape index (κ1) is 14.2. The minimum Gasteiger partial charge on any atom is -0.277 e. The van der Waals surface area contributed by atoms with E-state index in [-0.39, 0.29) is 17.9 Å². The Morgan fingerprint density at radius 3 is 2.15 bits per heavy atom. The Bertz CT molecular complexity index is 684. The monoisotopic (exact) mass is 293 g/mol. The van der Waals surface area contributed by atoms with Gasteiger partial charge in [0.25, 0.3) is 0 Å². The van der Waals surface area contributed by atoms with Gasteiger partial charge in [0.2, 0.25) is 16.4 Å². The van der Waals surface area contributed by atoms with E-state index in [9.17, 15) is 17.6 Å². The third kappa shape index (κ3) is 3.21. The highest BCUT2D eigenvalue weighted by Crippen LogP contribution is 2.19. The summed E-state index contributed by atoms with van der Waals surface area (Å²) in [5.74, 6) is -0.802. The minimum absolute atomic E-state index is 0.109. The molecule has 0 saturated heterocycles. The van der Waals surface area contributed by atoms with Crippen LogP contribution in [0.4, 0.5) is 10.1 Å². The average Bonchev–Trinajstić information content (AvgIpc) is 2.42. The second-order valence-corrected chi connectivity index (χ2v) is 5.97. The summed E-state index contributed by atoms with van der Waals surface area (Å²) < 4.78 is 37.9. The van der Waals surface area contributed by atoms with Gasteiger partial charge in [-0.05, 0) is 29.8 Å². The van der Waals surface area contributed by atoms with Crippen LogP contribution in [0.5, 0.6) is 0 Å². The molecule has 2 aromatic rings. The van der Waals surface area contributed by atoms with Gasteiger partial charge in [0.1, 0.15) is 5.82 Å². The predicted octanol–water partition coefficient (Wildman–Crippen LogP) is 2.32. The van der Waals surface area contributed by atoms with E-state index < -0.39 is 15.8 Å². The Morgan fingerprint density at radius 2 is 1.60 bits per heavy atom. The molecule has 6 heteroatoms. The van der Waals surface area contributed by atoms with E-state index in [0.717, 1.165) is 12.1 Å². The highest BCUT2D eigenvalue weighted by molar-refractivity contribution is 7.92. The maximum atomic E-state index is 12.8. The molecule has 104 valence electrons. The van der Waals surface area contributed by atoms with Crippen LogP contribution in [0.25, 0.3) is 0 Å². The zero-order valence-electron chi connectivity index (χ0n) is 10.4. The molecule has 0 fully saturated rings. The SMILES string of the molecule is O=CN(c1ccc(F)cc1)S(=O)(=O)Cc1ccccc1. The van der Waals surface area contributed by atoms with Gasteiger partial charge in [-0.15, -0.1) is 0 Å². The second-order valence-electron chi connectivity index (χ2n) is 4.12. The normalized spacial score (nSPS) is 11.1. The molecule has 0 aliphatic heterocycles. The van der Waals surface area contributed by atoms with Crippen molar-refractivity contribution in [2.75, 3.05) is 4.31 Å². The summed E-state index contributed by atoms with van der Waals surface area (Å²) in [6.07, 6.45) is 0.214. The molecule has 0 aliphatic rings. The molecule has 0 atom stereocenters. The van der Waals surface area contributed by atoms with E-state index >= 15 is 0 Å². The lowest BCUT2D eigenvalue weighted by Gasteiger charge is -2.17. The molecule has 0 bridgehead atoms. The standard InChI is InChI=1S/C14H12FNO3S/c15-13-6-8-14(9-7-13)16(11-17)20(18,19)10-12-4-2-1-3-5-12/h1-9,11H,10H2. The van der Waals surface area contributed by atoms with Crippen molar-refractivity contribution in [1.29, 1.82) is 0 Å². The Kier molecular flexibility index (Phi) is 4.14. The van der Waals surface area contributed by atoms with E-state index in [2.05, 4.69) is 0 Å². The van der Waals surface area contributed by atoms with E-state index in [0.29, 0.717) is 9.87 Å². The topological polar surface area (TPSA) is 54.5 Å². The molecule has 20 heavy (non-hydrogen) atoms. The molecule has 0 heterocycles. The largest absolute Gasteiger partial charge is 0.277 e. The highest BCUT2D eigenvalue weighted by Gasteiger charge is 2.22. The van der Waals surface area contributed by atoms with Crippen molar-refractivity contribution in [2.24, 2.45) is 0 Å². The molecule has 0 spiro atoms. The number of benzene rings is 2. The molecule has 0 unspecified atom stereocenters. The van der Waals surface area contributed by atoms with Gasteiger partial charge in [0.15, 0.2) is 0 Å². The maximum Gasteiger partial charge on any atom is 0.245 e. The Balaban J connectivity index is 2.30. The highest BCUT2D eigenvalue weighted by atomic mass is 32.2. The number of rotatable bonds is 5. The van der Waals surface area contributed by atoms with Gasteiger partial charge >= 0.3 is 0 Å². The van der Waals surface area contributed by atoms with Gasteiger partial charge in [-0.25, -0.2) is 17.1 Å². The summed E-state index contributed by atoms with van der Waals surface area (Å²) in [5, 5.41) is 0. The van der Waals surface area contributed by atoms with E-state index in [1.807, 2.05) is 0 Å². The summed E-state index contributed by atoms with van der Waals surface area (Å²) >= 11 is 0. The van der Waals surface area contributed by atoms with Crippen LogP contribution in [-0.2, 0) is 20.6 Å². The van der Waals surface area contributed by atoms with Crippen LogP contribution in [0.15, 0.2) is 54.6 Å². The first-order valence-electron chi connectivity index (χ1n) is 5.80. The number of hydrogen-bond acceptors (Lipinski definition) is 3. The quantitative estimate of drug-likeness (QED) is 0.795. The predicted molar refractivity (Wildman–Crippen MR) is 74.0 cm³/mol. The first-order chi connectivity index (χ1) is 9.53. The van der Waals surface area contributed by atoms with Crippen molar-refractivity contribution in [3.05, 3.63) is 66.0 Å². The van der Waals surface area contributed by atoms with Gasteiger partial charge < -0.3 is 0 Å². The molecule has 0 aromatic heterocycles. The van der Waals surface area contributed by atoms with Gasteiger partial charge in [-0.1, -0.05) is 30.3 Å². The Labute approximate surface area is 116 Å². The van der Waals surface area contributed by atoms with Crippen LogP contribution >= 0.6 is 0 Å². The smallest absolute Gasteiger partial charge is 0.245 e. The van der Waals surface area contributed by atoms with Crippen molar-refractivity contribution in [3.63, 3.8) is 0 Å². The van der Waals surface area contributed by atoms with Crippen LogP contribution in [0.2, 0.25) is 0 Å². The van der Waals surface area contributed by atoms with Crippen molar-refractivity contribution in [1.82, 2.24) is 0 Å². The van der Waals surface area contributed by atoms with Crippen LogP contribution in [0, 0.1) is 5.82 Å². The first-order valence-corrected chi connectivity index (χ1v) is 7.41. The molecule has 1 amide bonds. The van der Waals surface area contributed by atoms with Crippen molar-refractivity contribution < 1.29 is 17.6 Å². The van der Waals surface area contributed by atoms with Crippen LogP contribution in [-0.4, -0.2) is 14.8 Å². The van der Waals surface area contributed by atoms with Crippen molar-refractivity contribution in [2.45, 2.75) is 5.75 Å². The summed E-state index contributed by atoms with van der Waals surface area (Å²) in [7, 11) is -3.85. The number of carbonyl (C=O) groups excluding carboxylic acids is 1. The number of hydrogen-bond donors (Lipinski definition) is 0. The molecule has 0 radical (unpaired) electrons. The lowest BCUT2D eigenvalue weighted by atomic mass is 10.2. The zero-order chi connectivity index (χ0) is 14.6. The Hall–Kier alpha value is -2.21. The Morgan fingerprint density at radius 1 is 1.00 bits per heavy atom. The third-order valence-electron chi connectivity index (χ3n) is 2.67. The lowest BCUT2D eigenvalue weighted by molar-refractivity contribution is -0.106. The van der Waals surface area contributed by atoms with Crippen LogP contribution < -0.4 is 4.31 Å². The van der Waals surface area contributed by atoms with Gasteiger partial charge in [0, 0.05) is 0 Å². The number of anilines is 1. The number of nitrogens with zero attached hydrogens (tertiary/aromatic N) is 1. The fraction of sp³-hybridized carbons (Fsp3) is 0.0714. The van der Waals surface area contributed by atoms with Crippen LogP contribution in [0.3, 0.4) is 0 Å². The molecule has 2 rings (SSSR count). The summed E-state index contributed by atoms with van der Waals surface area (Å²) in [5.41, 5.74) is 0.679.